The van der Waals surface area contributed by atoms with Gasteiger partial charge in [0.15, 0.2) is 0 Å². The molecule has 4 fully saturated rings. The summed E-state index contributed by atoms with van der Waals surface area (Å²) < 4.78 is 28.4. The van der Waals surface area contributed by atoms with E-state index in [-0.39, 0.29) is 48.8 Å². The molecule has 0 radical (unpaired) electrons. The van der Waals surface area contributed by atoms with Crippen LogP contribution in [0.15, 0.2) is 48.5 Å². The lowest BCUT2D eigenvalue weighted by atomic mass is 9.60. The highest BCUT2D eigenvalue weighted by atomic mass is 16.6. The quantitative estimate of drug-likeness (QED) is 0.213. The van der Waals surface area contributed by atoms with Gasteiger partial charge in [0.05, 0.1) is 48.8 Å². The summed E-state index contributed by atoms with van der Waals surface area (Å²) in [5.41, 5.74) is 15.2. The highest BCUT2D eigenvalue weighted by molar-refractivity contribution is 5.63. The van der Waals surface area contributed by atoms with E-state index in [1.807, 2.05) is 0 Å². The van der Waals surface area contributed by atoms with Crippen molar-refractivity contribution >= 4 is 0 Å². The average molecular weight is 615 g/mol. The fraction of sp³-hybridized carbons (Fsp3) is 0.571. The van der Waals surface area contributed by atoms with Gasteiger partial charge in [-0.05, 0) is 81.3 Å². The highest BCUT2D eigenvalue weighted by Gasteiger charge is 2.70. The van der Waals surface area contributed by atoms with Crippen LogP contribution in [-0.4, -0.2) is 0 Å². The second-order valence-corrected chi connectivity index (χ2v) is 15.7. The molecule has 0 amide bonds. The van der Waals surface area contributed by atoms with Crippen LogP contribution in [0.2, 0.25) is 0 Å². The normalized spacial score (nSPS) is 38.3. The van der Waals surface area contributed by atoms with Crippen molar-refractivity contribution in [2.75, 3.05) is 0 Å². The monoisotopic (exact) mass is 614 g/mol. The molecule has 8 aliphatic rings. The van der Waals surface area contributed by atoms with Crippen molar-refractivity contribution in [1.29, 1.82) is 0 Å². The highest BCUT2D eigenvalue weighted by Crippen LogP contribution is 2.77. The van der Waals surface area contributed by atoms with E-state index in [1.165, 1.54) is 73.6 Å². The maximum absolute atomic E-state index is 7.28. The molecular weight excluding hydrogens is 568 g/mol. The van der Waals surface area contributed by atoms with E-state index in [9.17, 15) is 0 Å². The standard InChI is InChI=1S/C42H46O4/c1-3-5-7-9-19-25-27-29(41-33-31(39(27)45-41)35-21-15-11-13-17-23(21)37(33)43-35)26(20-10-8-6-4-2)30-28(25)40-32-34(42(30)46-40)38-24-18-14-12-16-22(24)36(32)44-38/h11-18,31-42H,3-10,19-20H2,1-2H3. The summed E-state index contributed by atoms with van der Waals surface area (Å²) in [6.07, 6.45) is 13.7. The molecule has 0 saturated carbocycles. The smallest absolute Gasteiger partial charge is 0.0901 e. The van der Waals surface area contributed by atoms with Gasteiger partial charge in [-0.2, -0.15) is 0 Å². The van der Waals surface area contributed by atoms with Gasteiger partial charge < -0.3 is 18.9 Å². The van der Waals surface area contributed by atoms with Crippen LogP contribution in [0.4, 0.5) is 0 Å². The van der Waals surface area contributed by atoms with E-state index >= 15 is 0 Å². The zero-order valence-electron chi connectivity index (χ0n) is 27.3. The molecule has 11 rings (SSSR count). The molecule has 46 heavy (non-hydrogen) atoms. The Hall–Kier alpha value is -2.50. The Morgan fingerprint density at radius 3 is 1.00 bits per heavy atom. The van der Waals surface area contributed by atoms with Crippen molar-refractivity contribution in [1.82, 2.24) is 0 Å². The molecule has 4 heteroatoms. The molecule has 3 aromatic rings. The molecule has 8 bridgehead atoms. The predicted molar refractivity (Wildman–Crippen MR) is 175 cm³/mol. The van der Waals surface area contributed by atoms with Gasteiger partial charge in [-0.1, -0.05) is 101 Å². The van der Waals surface area contributed by atoms with Crippen LogP contribution in [-0.2, 0) is 31.8 Å². The van der Waals surface area contributed by atoms with Crippen molar-refractivity contribution in [3.63, 3.8) is 0 Å². The molecule has 12 atom stereocenters. The average Bonchev–Trinajstić information content (AvgIpc) is 3.94. The van der Waals surface area contributed by atoms with Gasteiger partial charge in [0, 0.05) is 23.7 Å². The third kappa shape index (κ3) is 3.31. The van der Waals surface area contributed by atoms with Gasteiger partial charge in [-0.3, -0.25) is 0 Å². The second-order valence-electron chi connectivity index (χ2n) is 15.7. The maximum Gasteiger partial charge on any atom is 0.0901 e. The third-order valence-electron chi connectivity index (χ3n) is 13.7. The van der Waals surface area contributed by atoms with E-state index in [0.29, 0.717) is 23.7 Å². The van der Waals surface area contributed by atoms with Crippen molar-refractivity contribution in [3.8, 4) is 0 Å². The van der Waals surface area contributed by atoms with Gasteiger partial charge in [-0.15, -0.1) is 0 Å². The molecule has 0 N–H and O–H groups in total. The molecule has 0 spiro atoms. The minimum Gasteiger partial charge on any atom is -0.365 e. The number of ether oxygens (including phenoxy) is 4. The molecular formula is C42H46O4. The second kappa shape index (κ2) is 10.0. The molecule has 0 aromatic heterocycles. The topological polar surface area (TPSA) is 36.9 Å². The van der Waals surface area contributed by atoms with Crippen LogP contribution in [0.5, 0.6) is 0 Å². The van der Waals surface area contributed by atoms with E-state index in [1.54, 1.807) is 33.4 Å². The number of hydrogen-bond acceptors (Lipinski definition) is 4. The lowest BCUT2D eigenvalue weighted by molar-refractivity contribution is -0.0314. The molecule has 12 unspecified atom stereocenters. The van der Waals surface area contributed by atoms with Crippen molar-refractivity contribution in [2.45, 2.75) is 127 Å². The fourth-order valence-corrected chi connectivity index (χ4v) is 12.1. The van der Waals surface area contributed by atoms with E-state index in [4.69, 9.17) is 18.9 Å². The van der Waals surface area contributed by atoms with E-state index in [2.05, 4.69) is 62.4 Å². The Kier molecular flexibility index (Phi) is 5.98. The van der Waals surface area contributed by atoms with Crippen LogP contribution in [0.25, 0.3) is 0 Å². The van der Waals surface area contributed by atoms with Gasteiger partial charge in [-0.25, -0.2) is 0 Å². The maximum atomic E-state index is 7.28. The van der Waals surface area contributed by atoms with Crippen LogP contribution >= 0.6 is 0 Å². The van der Waals surface area contributed by atoms with Gasteiger partial charge in [0.1, 0.15) is 0 Å². The summed E-state index contributed by atoms with van der Waals surface area (Å²) in [4.78, 5) is 0. The number of benzene rings is 3. The lowest BCUT2D eigenvalue weighted by Gasteiger charge is -2.38. The van der Waals surface area contributed by atoms with Crippen LogP contribution < -0.4 is 0 Å². The van der Waals surface area contributed by atoms with Gasteiger partial charge in [0.25, 0.3) is 0 Å². The first-order valence-corrected chi connectivity index (χ1v) is 18.8. The van der Waals surface area contributed by atoms with Crippen molar-refractivity contribution < 1.29 is 18.9 Å². The molecule has 4 saturated heterocycles. The van der Waals surface area contributed by atoms with Crippen LogP contribution in [0, 0.1) is 23.7 Å². The zero-order chi connectivity index (χ0) is 30.3. The first-order valence-electron chi connectivity index (χ1n) is 18.8. The number of hydrogen-bond donors (Lipinski definition) is 0. The van der Waals surface area contributed by atoms with E-state index in [0.717, 1.165) is 12.8 Å². The summed E-state index contributed by atoms with van der Waals surface area (Å²) in [5.74, 6) is 1.68. The molecule has 8 heterocycles. The summed E-state index contributed by atoms with van der Waals surface area (Å²) in [7, 11) is 0. The molecule has 0 aliphatic carbocycles. The number of unbranched alkanes of at least 4 members (excludes halogenated alkanes) is 6. The lowest BCUT2D eigenvalue weighted by Crippen LogP contribution is -2.32. The third-order valence-corrected chi connectivity index (χ3v) is 13.7. The van der Waals surface area contributed by atoms with E-state index < -0.39 is 0 Å². The largest absolute Gasteiger partial charge is 0.365 e. The summed E-state index contributed by atoms with van der Waals surface area (Å²) in [5, 5.41) is 0. The molecule has 4 nitrogen and oxygen atoms in total. The zero-order valence-corrected chi connectivity index (χ0v) is 27.3. The van der Waals surface area contributed by atoms with Gasteiger partial charge in [0.2, 0.25) is 0 Å². The number of fused-ring (bicyclic) bond motifs is 30. The Morgan fingerprint density at radius 1 is 0.391 bits per heavy atom. The van der Waals surface area contributed by atoms with Crippen LogP contribution in [0.3, 0.4) is 0 Å². The van der Waals surface area contributed by atoms with Crippen molar-refractivity contribution in [3.05, 3.63) is 104 Å². The van der Waals surface area contributed by atoms with Crippen molar-refractivity contribution in [2.24, 2.45) is 23.7 Å². The molecule has 3 aromatic carbocycles. The summed E-state index contributed by atoms with van der Waals surface area (Å²) >= 11 is 0. The number of rotatable bonds is 10. The minimum atomic E-state index is 0.140. The summed E-state index contributed by atoms with van der Waals surface area (Å²) in [6, 6.07) is 18.0. The molecule has 238 valence electrons. The first-order chi connectivity index (χ1) is 22.8. The van der Waals surface area contributed by atoms with Crippen LogP contribution in [0.1, 0.15) is 170 Å². The predicted octanol–water partition coefficient (Wildman–Crippen LogP) is 10.3. The first kappa shape index (κ1) is 27.5. The Bertz CT molecular complexity index is 1510. The minimum absolute atomic E-state index is 0.140. The SMILES string of the molecule is CCCCCCc1c2c(c(CCCCCC)c3c1C1OC3C3C4OC(c5ccccc54)C13)C1OC2C2C3OC(c4ccccc43)C12. The molecule has 8 aliphatic heterocycles. The Balaban J connectivity index is 1.08. The fourth-order valence-electron chi connectivity index (χ4n) is 12.1. The van der Waals surface area contributed by atoms with Gasteiger partial charge >= 0.3 is 0 Å². The Morgan fingerprint density at radius 2 is 0.696 bits per heavy atom. The Labute approximate surface area is 273 Å². The summed E-state index contributed by atoms with van der Waals surface area (Å²) in [6.45, 7) is 4.64.